The van der Waals surface area contributed by atoms with Gasteiger partial charge in [0.05, 0.1) is 13.2 Å². The van der Waals surface area contributed by atoms with Gasteiger partial charge in [-0.25, -0.2) is 0 Å². The first-order valence-corrected chi connectivity index (χ1v) is 6.54. The van der Waals surface area contributed by atoms with Crippen molar-refractivity contribution >= 4 is 5.91 Å². The van der Waals surface area contributed by atoms with E-state index < -0.39 is 30.4 Å². The summed E-state index contributed by atoms with van der Waals surface area (Å²) < 4.78 is 21.8. The summed E-state index contributed by atoms with van der Waals surface area (Å²) in [5, 5.41) is 10.2. The number of aliphatic hydroxyl groups excluding tert-OH is 1. The van der Waals surface area contributed by atoms with E-state index in [0.29, 0.717) is 26.3 Å². The molecule has 7 heteroatoms. The Kier molecular flexibility index (Phi) is 3.26. The molecule has 3 fully saturated rings. The van der Waals surface area contributed by atoms with Gasteiger partial charge in [0.1, 0.15) is 12.2 Å². The SMILES string of the molecule is CC1(C)OC2O[C@@H](C(=O)N3CCOCC3)[C@@H](O)[C@@H]2O1. The standard InChI is InChI=1S/C12H19NO6/c1-12(2)18-9-7(14)8(17-11(9)19-12)10(15)13-3-5-16-6-4-13/h7-9,11,14H,3-6H2,1-2H3/t7-,8-,9+,11?/m1/s1. The Morgan fingerprint density at radius 2 is 1.95 bits per heavy atom. The van der Waals surface area contributed by atoms with E-state index in [4.69, 9.17) is 18.9 Å². The van der Waals surface area contributed by atoms with E-state index in [0.717, 1.165) is 0 Å². The fourth-order valence-electron chi connectivity index (χ4n) is 2.66. The lowest BCUT2D eigenvalue weighted by Gasteiger charge is -2.30. The number of amides is 1. The van der Waals surface area contributed by atoms with Gasteiger partial charge >= 0.3 is 0 Å². The number of carbonyl (C=O) groups is 1. The zero-order chi connectivity index (χ0) is 13.6. The summed E-state index contributed by atoms with van der Waals surface area (Å²) in [6, 6.07) is 0. The molecule has 7 nitrogen and oxygen atoms in total. The average molecular weight is 273 g/mol. The predicted molar refractivity (Wildman–Crippen MR) is 62.1 cm³/mol. The molecule has 1 amide bonds. The summed E-state index contributed by atoms with van der Waals surface area (Å²) >= 11 is 0. The van der Waals surface area contributed by atoms with Crippen molar-refractivity contribution in [1.29, 1.82) is 0 Å². The lowest BCUT2D eigenvalue weighted by Crippen LogP contribution is -2.50. The average Bonchev–Trinajstić information content (AvgIpc) is 2.84. The van der Waals surface area contributed by atoms with E-state index in [9.17, 15) is 9.90 Å². The highest BCUT2D eigenvalue weighted by Crippen LogP contribution is 2.37. The van der Waals surface area contributed by atoms with Crippen molar-refractivity contribution in [1.82, 2.24) is 4.90 Å². The third kappa shape index (κ3) is 2.36. The van der Waals surface area contributed by atoms with Gasteiger partial charge in [0.25, 0.3) is 5.91 Å². The Bertz CT molecular complexity index is 367. The van der Waals surface area contributed by atoms with Crippen LogP contribution in [0.4, 0.5) is 0 Å². The topological polar surface area (TPSA) is 77.5 Å². The predicted octanol–water partition coefficient (Wildman–Crippen LogP) is -0.917. The molecule has 0 saturated carbocycles. The molecule has 19 heavy (non-hydrogen) atoms. The van der Waals surface area contributed by atoms with Crippen LogP contribution < -0.4 is 0 Å². The van der Waals surface area contributed by atoms with E-state index in [1.54, 1.807) is 18.7 Å². The number of aliphatic hydroxyl groups is 1. The van der Waals surface area contributed by atoms with Crippen molar-refractivity contribution in [3.8, 4) is 0 Å². The monoisotopic (exact) mass is 273 g/mol. The summed E-state index contributed by atoms with van der Waals surface area (Å²) in [6.07, 6.45) is -3.20. The number of hydrogen-bond acceptors (Lipinski definition) is 6. The van der Waals surface area contributed by atoms with E-state index >= 15 is 0 Å². The molecule has 0 aromatic carbocycles. The summed E-state index contributed by atoms with van der Waals surface area (Å²) in [7, 11) is 0. The van der Waals surface area contributed by atoms with Crippen LogP contribution in [0.5, 0.6) is 0 Å². The van der Waals surface area contributed by atoms with Gasteiger partial charge in [-0.3, -0.25) is 4.79 Å². The highest BCUT2D eigenvalue weighted by Gasteiger charge is 2.56. The maximum absolute atomic E-state index is 12.3. The van der Waals surface area contributed by atoms with Gasteiger partial charge in [-0.2, -0.15) is 0 Å². The molecule has 3 aliphatic rings. The largest absolute Gasteiger partial charge is 0.387 e. The summed E-state index contributed by atoms with van der Waals surface area (Å²) in [6.45, 7) is 5.57. The third-order valence-corrected chi connectivity index (χ3v) is 3.58. The minimum atomic E-state index is -0.998. The number of ether oxygens (including phenoxy) is 4. The van der Waals surface area contributed by atoms with Crippen LogP contribution in [0.3, 0.4) is 0 Å². The molecule has 3 heterocycles. The lowest BCUT2D eigenvalue weighted by molar-refractivity contribution is -0.217. The van der Waals surface area contributed by atoms with Gasteiger partial charge in [0, 0.05) is 13.1 Å². The van der Waals surface area contributed by atoms with E-state index in [1.165, 1.54) is 0 Å². The van der Waals surface area contributed by atoms with Gasteiger partial charge < -0.3 is 29.0 Å². The Balaban J connectivity index is 1.66. The molecule has 1 unspecified atom stereocenters. The van der Waals surface area contributed by atoms with E-state index in [1.807, 2.05) is 0 Å². The molecule has 0 spiro atoms. The second-order valence-corrected chi connectivity index (χ2v) is 5.45. The molecule has 3 rings (SSSR count). The number of fused-ring (bicyclic) bond motifs is 1. The highest BCUT2D eigenvalue weighted by atomic mass is 16.8. The normalized spacial score (nSPS) is 41.3. The summed E-state index contributed by atoms with van der Waals surface area (Å²) in [5.41, 5.74) is 0. The molecule has 4 atom stereocenters. The Hall–Kier alpha value is -0.730. The van der Waals surface area contributed by atoms with Crippen molar-refractivity contribution in [3.05, 3.63) is 0 Å². The van der Waals surface area contributed by atoms with E-state index in [2.05, 4.69) is 0 Å². The third-order valence-electron chi connectivity index (χ3n) is 3.58. The van der Waals surface area contributed by atoms with Crippen LogP contribution in [0.15, 0.2) is 0 Å². The molecule has 0 bridgehead atoms. The van der Waals surface area contributed by atoms with Crippen molar-refractivity contribution in [2.75, 3.05) is 26.3 Å². The van der Waals surface area contributed by atoms with Crippen molar-refractivity contribution in [2.24, 2.45) is 0 Å². The first kappa shape index (κ1) is 13.3. The molecule has 0 aromatic rings. The zero-order valence-corrected chi connectivity index (χ0v) is 11.1. The molecule has 0 aliphatic carbocycles. The molecular weight excluding hydrogens is 254 g/mol. The number of hydrogen-bond donors (Lipinski definition) is 1. The van der Waals surface area contributed by atoms with Crippen LogP contribution in [0.2, 0.25) is 0 Å². The fourth-order valence-corrected chi connectivity index (χ4v) is 2.66. The maximum Gasteiger partial charge on any atom is 0.254 e. The van der Waals surface area contributed by atoms with Gasteiger partial charge in [0.15, 0.2) is 18.2 Å². The quantitative estimate of drug-likeness (QED) is 0.666. The van der Waals surface area contributed by atoms with Crippen LogP contribution in [-0.4, -0.2) is 72.6 Å². The van der Waals surface area contributed by atoms with Crippen LogP contribution in [-0.2, 0) is 23.7 Å². The lowest BCUT2D eigenvalue weighted by atomic mass is 10.1. The van der Waals surface area contributed by atoms with E-state index in [-0.39, 0.29) is 5.91 Å². The Labute approximate surface area is 111 Å². The van der Waals surface area contributed by atoms with Crippen LogP contribution >= 0.6 is 0 Å². The smallest absolute Gasteiger partial charge is 0.254 e. The summed E-state index contributed by atoms with van der Waals surface area (Å²) in [4.78, 5) is 13.9. The molecule has 0 aromatic heterocycles. The minimum absolute atomic E-state index is 0.227. The molecule has 3 aliphatic heterocycles. The van der Waals surface area contributed by atoms with Crippen molar-refractivity contribution < 1.29 is 28.8 Å². The van der Waals surface area contributed by atoms with Crippen molar-refractivity contribution in [3.63, 3.8) is 0 Å². The molecule has 1 N–H and O–H groups in total. The second kappa shape index (κ2) is 4.68. The molecule has 3 saturated heterocycles. The second-order valence-electron chi connectivity index (χ2n) is 5.45. The van der Waals surface area contributed by atoms with Crippen LogP contribution in [0.25, 0.3) is 0 Å². The van der Waals surface area contributed by atoms with Crippen molar-refractivity contribution in [2.45, 2.75) is 44.2 Å². The maximum atomic E-state index is 12.3. The first-order valence-electron chi connectivity index (χ1n) is 6.54. The number of rotatable bonds is 1. The number of morpholine rings is 1. The highest BCUT2D eigenvalue weighted by molar-refractivity contribution is 5.82. The summed E-state index contributed by atoms with van der Waals surface area (Å²) in [5.74, 6) is -1.02. The molecular formula is C12H19NO6. The minimum Gasteiger partial charge on any atom is -0.387 e. The molecule has 0 radical (unpaired) electrons. The van der Waals surface area contributed by atoms with Gasteiger partial charge in [-0.05, 0) is 13.8 Å². The zero-order valence-electron chi connectivity index (χ0n) is 11.1. The Morgan fingerprint density at radius 3 is 2.58 bits per heavy atom. The number of nitrogens with zero attached hydrogens (tertiary/aromatic N) is 1. The molecule has 108 valence electrons. The van der Waals surface area contributed by atoms with Gasteiger partial charge in [-0.1, -0.05) is 0 Å². The fraction of sp³-hybridized carbons (Fsp3) is 0.917. The van der Waals surface area contributed by atoms with Crippen LogP contribution in [0, 0.1) is 0 Å². The van der Waals surface area contributed by atoms with Gasteiger partial charge in [0.2, 0.25) is 0 Å². The van der Waals surface area contributed by atoms with Crippen LogP contribution in [0.1, 0.15) is 13.8 Å². The Morgan fingerprint density at radius 1 is 1.26 bits per heavy atom. The number of carbonyl (C=O) groups excluding carboxylic acids is 1. The first-order chi connectivity index (χ1) is 8.98. The van der Waals surface area contributed by atoms with Gasteiger partial charge in [-0.15, -0.1) is 0 Å².